The summed E-state index contributed by atoms with van der Waals surface area (Å²) in [6.45, 7) is 4.80. The smallest absolute Gasteiger partial charge is 0.134 e. The van der Waals surface area contributed by atoms with E-state index in [9.17, 15) is 4.39 Å². The van der Waals surface area contributed by atoms with E-state index < -0.39 is 0 Å². The lowest BCUT2D eigenvalue weighted by Gasteiger charge is -2.12. The average molecular weight is 285 g/mol. The maximum absolute atomic E-state index is 13.1. The number of furan rings is 1. The SMILES string of the molecule is CC1CN(Cc2cc3cc(F)ccc3o2)CC1N.Cl. The van der Waals surface area contributed by atoms with Gasteiger partial charge in [0.25, 0.3) is 0 Å². The number of hydrogen-bond acceptors (Lipinski definition) is 3. The molecule has 0 aliphatic carbocycles. The minimum Gasteiger partial charge on any atom is -0.460 e. The van der Waals surface area contributed by atoms with Gasteiger partial charge in [-0.15, -0.1) is 12.4 Å². The Morgan fingerprint density at radius 2 is 2.16 bits per heavy atom. The molecule has 2 aromatic rings. The molecule has 19 heavy (non-hydrogen) atoms. The van der Waals surface area contributed by atoms with Gasteiger partial charge in [0.2, 0.25) is 0 Å². The fraction of sp³-hybridized carbons (Fsp3) is 0.429. The first-order valence-electron chi connectivity index (χ1n) is 6.28. The third-order valence-corrected chi connectivity index (χ3v) is 3.65. The van der Waals surface area contributed by atoms with Gasteiger partial charge in [0.15, 0.2) is 0 Å². The molecule has 3 nitrogen and oxygen atoms in total. The van der Waals surface area contributed by atoms with E-state index in [0.717, 1.165) is 36.4 Å². The minimum atomic E-state index is -0.230. The van der Waals surface area contributed by atoms with Crippen molar-refractivity contribution in [3.05, 3.63) is 35.8 Å². The van der Waals surface area contributed by atoms with E-state index in [2.05, 4.69) is 11.8 Å². The fourth-order valence-corrected chi connectivity index (χ4v) is 2.59. The molecule has 1 aliphatic heterocycles. The highest BCUT2D eigenvalue weighted by Crippen LogP contribution is 2.23. The number of benzene rings is 1. The molecule has 0 radical (unpaired) electrons. The Morgan fingerprint density at radius 3 is 2.84 bits per heavy atom. The van der Waals surface area contributed by atoms with Crippen LogP contribution in [0, 0.1) is 11.7 Å². The van der Waals surface area contributed by atoms with E-state index in [1.165, 1.54) is 12.1 Å². The van der Waals surface area contributed by atoms with E-state index >= 15 is 0 Å². The van der Waals surface area contributed by atoms with Gasteiger partial charge in [-0.05, 0) is 30.2 Å². The molecule has 0 amide bonds. The van der Waals surface area contributed by atoms with E-state index in [4.69, 9.17) is 10.2 Å². The van der Waals surface area contributed by atoms with Crippen LogP contribution in [0.25, 0.3) is 11.0 Å². The van der Waals surface area contributed by atoms with E-state index in [0.29, 0.717) is 5.92 Å². The Bertz CT molecular complexity index is 562. The summed E-state index contributed by atoms with van der Waals surface area (Å²) in [4.78, 5) is 2.28. The molecule has 2 N–H and O–H groups in total. The Kier molecular flexibility index (Phi) is 4.13. The normalized spacial score (nSPS) is 23.7. The van der Waals surface area contributed by atoms with Crippen LogP contribution >= 0.6 is 12.4 Å². The fourth-order valence-electron chi connectivity index (χ4n) is 2.59. The van der Waals surface area contributed by atoms with Gasteiger partial charge in [0, 0.05) is 24.5 Å². The summed E-state index contributed by atoms with van der Waals surface area (Å²) in [6, 6.07) is 6.75. The molecular formula is C14H18ClFN2O. The van der Waals surface area contributed by atoms with Crippen LogP contribution < -0.4 is 5.73 Å². The number of nitrogens with zero attached hydrogens (tertiary/aromatic N) is 1. The number of nitrogens with two attached hydrogens (primary N) is 1. The summed E-state index contributed by atoms with van der Waals surface area (Å²) < 4.78 is 18.8. The predicted molar refractivity (Wildman–Crippen MR) is 75.8 cm³/mol. The van der Waals surface area contributed by atoms with Crippen molar-refractivity contribution in [2.24, 2.45) is 11.7 Å². The zero-order valence-corrected chi connectivity index (χ0v) is 11.6. The first-order chi connectivity index (χ1) is 8.61. The number of fused-ring (bicyclic) bond motifs is 1. The van der Waals surface area contributed by atoms with Crippen molar-refractivity contribution in [2.45, 2.75) is 19.5 Å². The molecular weight excluding hydrogens is 267 g/mol. The number of halogens is 2. The molecule has 0 saturated carbocycles. The summed E-state index contributed by atoms with van der Waals surface area (Å²) in [7, 11) is 0. The van der Waals surface area contributed by atoms with Gasteiger partial charge in [0.1, 0.15) is 17.2 Å². The Morgan fingerprint density at radius 1 is 1.37 bits per heavy atom. The molecule has 2 heterocycles. The Balaban J connectivity index is 0.00000133. The van der Waals surface area contributed by atoms with E-state index in [1.807, 2.05) is 6.07 Å². The minimum absolute atomic E-state index is 0. The van der Waals surface area contributed by atoms with Gasteiger partial charge < -0.3 is 10.2 Å². The van der Waals surface area contributed by atoms with Gasteiger partial charge in [-0.1, -0.05) is 6.92 Å². The predicted octanol–water partition coefficient (Wildman–Crippen LogP) is 2.77. The first-order valence-corrected chi connectivity index (χ1v) is 6.28. The maximum Gasteiger partial charge on any atom is 0.134 e. The van der Waals surface area contributed by atoms with Crippen LogP contribution in [0.1, 0.15) is 12.7 Å². The topological polar surface area (TPSA) is 42.4 Å². The van der Waals surface area contributed by atoms with Crippen LogP contribution in [0.4, 0.5) is 4.39 Å². The van der Waals surface area contributed by atoms with Crippen LogP contribution in [0.3, 0.4) is 0 Å². The zero-order chi connectivity index (χ0) is 12.7. The monoisotopic (exact) mass is 284 g/mol. The highest BCUT2D eigenvalue weighted by molar-refractivity contribution is 5.85. The molecule has 0 bridgehead atoms. The summed E-state index contributed by atoms with van der Waals surface area (Å²) in [5.41, 5.74) is 6.73. The Hall–Kier alpha value is -1.10. The summed E-state index contributed by atoms with van der Waals surface area (Å²) >= 11 is 0. The van der Waals surface area contributed by atoms with Crippen molar-refractivity contribution in [1.29, 1.82) is 0 Å². The van der Waals surface area contributed by atoms with E-state index in [-0.39, 0.29) is 24.3 Å². The van der Waals surface area contributed by atoms with Gasteiger partial charge >= 0.3 is 0 Å². The first kappa shape index (κ1) is 14.3. The second-order valence-corrected chi connectivity index (χ2v) is 5.23. The number of rotatable bonds is 2. The van der Waals surface area contributed by atoms with Crippen molar-refractivity contribution >= 4 is 23.4 Å². The molecule has 1 fully saturated rings. The van der Waals surface area contributed by atoms with Crippen molar-refractivity contribution < 1.29 is 8.81 Å². The van der Waals surface area contributed by atoms with Crippen molar-refractivity contribution in [3.63, 3.8) is 0 Å². The summed E-state index contributed by atoms with van der Waals surface area (Å²) in [5, 5.41) is 0.821. The van der Waals surface area contributed by atoms with Gasteiger partial charge in [-0.25, -0.2) is 4.39 Å². The largest absolute Gasteiger partial charge is 0.460 e. The molecule has 2 unspecified atom stereocenters. The molecule has 0 spiro atoms. The third-order valence-electron chi connectivity index (χ3n) is 3.65. The summed E-state index contributed by atoms with van der Waals surface area (Å²) in [5.74, 6) is 1.16. The standard InChI is InChI=1S/C14H17FN2O.ClH/c1-9-6-17(8-13(9)16)7-12-5-10-4-11(15)2-3-14(10)18-12;/h2-5,9,13H,6-8,16H2,1H3;1H. The molecule has 3 rings (SSSR count). The van der Waals surface area contributed by atoms with Gasteiger partial charge in [0.05, 0.1) is 6.54 Å². The Labute approximate surface area is 118 Å². The van der Waals surface area contributed by atoms with Gasteiger partial charge in [-0.2, -0.15) is 0 Å². The van der Waals surface area contributed by atoms with Crippen LogP contribution in [0.2, 0.25) is 0 Å². The lowest BCUT2D eigenvalue weighted by atomic mass is 10.1. The van der Waals surface area contributed by atoms with E-state index in [1.54, 1.807) is 6.07 Å². The van der Waals surface area contributed by atoms with Crippen molar-refractivity contribution in [1.82, 2.24) is 4.90 Å². The maximum atomic E-state index is 13.1. The quantitative estimate of drug-likeness (QED) is 0.922. The van der Waals surface area contributed by atoms with Gasteiger partial charge in [-0.3, -0.25) is 4.90 Å². The number of likely N-dealkylation sites (tertiary alicyclic amines) is 1. The second-order valence-electron chi connectivity index (χ2n) is 5.23. The van der Waals surface area contributed by atoms with Crippen LogP contribution in [-0.4, -0.2) is 24.0 Å². The molecule has 1 saturated heterocycles. The molecule has 1 aromatic heterocycles. The van der Waals surface area contributed by atoms with Crippen molar-refractivity contribution in [2.75, 3.05) is 13.1 Å². The third kappa shape index (κ3) is 2.91. The number of hydrogen-bond donors (Lipinski definition) is 1. The zero-order valence-electron chi connectivity index (χ0n) is 10.8. The second kappa shape index (κ2) is 5.49. The van der Waals surface area contributed by atoms with Crippen molar-refractivity contribution in [3.8, 4) is 0 Å². The highest BCUT2D eigenvalue weighted by Gasteiger charge is 2.26. The molecule has 1 aromatic carbocycles. The highest BCUT2D eigenvalue weighted by atomic mass is 35.5. The average Bonchev–Trinajstić information content (AvgIpc) is 2.82. The molecule has 5 heteroatoms. The molecule has 104 valence electrons. The van der Waals surface area contributed by atoms with Crippen LogP contribution in [0.15, 0.2) is 28.7 Å². The molecule has 2 atom stereocenters. The lowest BCUT2D eigenvalue weighted by molar-refractivity contribution is 0.292. The van der Waals surface area contributed by atoms with Crippen LogP contribution in [-0.2, 0) is 6.54 Å². The summed E-state index contributed by atoms with van der Waals surface area (Å²) in [6.07, 6.45) is 0. The lowest BCUT2D eigenvalue weighted by Crippen LogP contribution is -2.28. The molecule has 1 aliphatic rings. The van der Waals surface area contributed by atoms with Crippen LogP contribution in [0.5, 0.6) is 0 Å².